The van der Waals surface area contributed by atoms with Crippen LogP contribution in [0.4, 0.5) is 5.69 Å². The van der Waals surface area contributed by atoms with Gasteiger partial charge in [-0.25, -0.2) is 0 Å². The predicted molar refractivity (Wildman–Crippen MR) is 97.3 cm³/mol. The number of carbonyl (C=O) groups excluding carboxylic acids is 2. The summed E-state index contributed by atoms with van der Waals surface area (Å²) < 4.78 is 5.90. The van der Waals surface area contributed by atoms with Gasteiger partial charge < -0.3 is 15.4 Å². The number of benzene rings is 1. The SMILES string of the molecule is CCO[C@@H]1C[C@H](NC(=O)Cc2ccc(NC(C)=O)cc2)C12CCCC2. The lowest BCUT2D eigenvalue weighted by Crippen LogP contribution is -2.63. The summed E-state index contributed by atoms with van der Waals surface area (Å²) in [5, 5.41) is 5.98. The molecule has 5 heteroatoms. The first-order valence-electron chi connectivity index (χ1n) is 9.31. The molecule has 0 radical (unpaired) electrons. The maximum atomic E-state index is 12.5. The van der Waals surface area contributed by atoms with Gasteiger partial charge in [0.2, 0.25) is 11.8 Å². The topological polar surface area (TPSA) is 67.4 Å². The van der Waals surface area contributed by atoms with Crippen molar-refractivity contribution in [2.45, 2.75) is 64.5 Å². The quantitative estimate of drug-likeness (QED) is 0.833. The molecule has 0 unspecified atom stereocenters. The number of anilines is 1. The van der Waals surface area contributed by atoms with Crippen molar-refractivity contribution in [1.82, 2.24) is 5.32 Å². The van der Waals surface area contributed by atoms with Gasteiger partial charge in [-0.2, -0.15) is 0 Å². The van der Waals surface area contributed by atoms with E-state index in [9.17, 15) is 9.59 Å². The third-order valence-electron chi connectivity index (χ3n) is 5.66. The summed E-state index contributed by atoms with van der Waals surface area (Å²) in [5.74, 6) is -0.0281. The molecule has 2 atom stereocenters. The molecule has 1 aromatic rings. The van der Waals surface area contributed by atoms with Gasteiger partial charge in [0, 0.05) is 30.7 Å². The lowest BCUT2D eigenvalue weighted by atomic mass is 9.60. The van der Waals surface area contributed by atoms with E-state index in [2.05, 4.69) is 10.6 Å². The van der Waals surface area contributed by atoms with Gasteiger partial charge >= 0.3 is 0 Å². The molecule has 1 spiro atoms. The number of hydrogen-bond acceptors (Lipinski definition) is 3. The summed E-state index contributed by atoms with van der Waals surface area (Å²) in [4.78, 5) is 23.5. The molecular weight excluding hydrogens is 316 g/mol. The van der Waals surface area contributed by atoms with Crippen molar-refractivity contribution in [2.75, 3.05) is 11.9 Å². The van der Waals surface area contributed by atoms with Crippen LogP contribution < -0.4 is 10.6 Å². The Morgan fingerprint density at radius 1 is 1.20 bits per heavy atom. The van der Waals surface area contributed by atoms with Gasteiger partial charge in [0.25, 0.3) is 0 Å². The normalized spacial score (nSPS) is 23.9. The molecule has 0 aromatic heterocycles. The number of amides is 2. The fourth-order valence-corrected chi connectivity index (χ4v) is 4.43. The van der Waals surface area contributed by atoms with Gasteiger partial charge in [-0.05, 0) is 43.9 Å². The fourth-order valence-electron chi connectivity index (χ4n) is 4.43. The third kappa shape index (κ3) is 3.87. The second-order valence-electron chi connectivity index (χ2n) is 7.29. The summed E-state index contributed by atoms with van der Waals surface area (Å²) in [5.41, 5.74) is 1.87. The molecule has 0 bridgehead atoms. The van der Waals surface area contributed by atoms with E-state index in [1.165, 1.54) is 19.8 Å². The van der Waals surface area contributed by atoms with Crippen LogP contribution in [-0.2, 0) is 20.7 Å². The van der Waals surface area contributed by atoms with Crippen LogP contribution in [0.25, 0.3) is 0 Å². The van der Waals surface area contributed by atoms with Crippen LogP contribution in [0, 0.1) is 5.41 Å². The van der Waals surface area contributed by atoms with Crippen molar-refractivity contribution >= 4 is 17.5 Å². The summed E-state index contributed by atoms with van der Waals surface area (Å²) >= 11 is 0. The Bertz CT molecular complexity index is 620. The van der Waals surface area contributed by atoms with Gasteiger partial charge in [0.1, 0.15) is 0 Å². The highest BCUT2D eigenvalue weighted by atomic mass is 16.5. The second kappa shape index (κ2) is 7.56. The summed E-state index contributed by atoms with van der Waals surface area (Å²) in [6.07, 6.45) is 6.40. The first-order chi connectivity index (χ1) is 12.0. The summed E-state index contributed by atoms with van der Waals surface area (Å²) in [6.45, 7) is 4.27. The fraction of sp³-hybridized carbons (Fsp3) is 0.600. The molecule has 3 rings (SSSR count). The van der Waals surface area contributed by atoms with Gasteiger partial charge in [0.05, 0.1) is 12.5 Å². The average molecular weight is 344 g/mol. The van der Waals surface area contributed by atoms with Crippen molar-refractivity contribution in [2.24, 2.45) is 5.41 Å². The molecule has 1 aromatic carbocycles. The Hall–Kier alpha value is -1.88. The van der Waals surface area contributed by atoms with Crippen LogP contribution in [0.3, 0.4) is 0 Å². The zero-order valence-corrected chi connectivity index (χ0v) is 15.1. The van der Waals surface area contributed by atoms with E-state index in [0.29, 0.717) is 12.5 Å². The third-order valence-corrected chi connectivity index (χ3v) is 5.66. The standard InChI is InChI=1S/C20H28N2O3/c1-3-25-18-13-17(20(18)10-4-5-11-20)22-19(24)12-15-6-8-16(9-7-15)21-14(2)23/h6-9,17-18H,3-5,10-13H2,1-2H3,(H,21,23)(H,22,24)/t17-,18+/m0/s1. The molecule has 0 heterocycles. The number of carbonyl (C=O) groups is 2. The highest BCUT2D eigenvalue weighted by Gasteiger charge is 2.57. The minimum absolute atomic E-state index is 0.0681. The molecule has 136 valence electrons. The van der Waals surface area contributed by atoms with Crippen LogP contribution in [0.2, 0.25) is 0 Å². The van der Waals surface area contributed by atoms with Crippen molar-refractivity contribution < 1.29 is 14.3 Å². The Morgan fingerprint density at radius 3 is 2.48 bits per heavy atom. The Morgan fingerprint density at radius 2 is 1.88 bits per heavy atom. The smallest absolute Gasteiger partial charge is 0.224 e. The van der Waals surface area contributed by atoms with E-state index in [-0.39, 0.29) is 23.3 Å². The lowest BCUT2D eigenvalue weighted by molar-refractivity contribution is -0.143. The number of nitrogens with one attached hydrogen (secondary N) is 2. The zero-order valence-electron chi connectivity index (χ0n) is 15.1. The lowest BCUT2D eigenvalue weighted by Gasteiger charge is -2.54. The first kappa shape index (κ1) is 17.9. The molecule has 2 N–H and O–H groups in total. The highest BCUT2D eigenvalue weighted by molar-refractivity contribution is 5.88. The highest BCUT2D eigenvalue weighted by Crippen LogP contribution is 2.54. The minimum Gasteiger partial charge on any atom is -0.378 e. The number of rotatable bonds is 6. The van der Waals surface area contributed by atoms with E-state index < -0.39 is 0 Å². The molecule has 2 fully saturated rings. The Kier molecular flexibility index (Phi) is 5.42. The van der Waals surface area contributed by atoms with Crippen molar-refractivity contribution in [3.05, 3.63) is 29.8 Å². The van der Waals surface area contributed by atoms with Crippen LogP contribution in [0.1, 0.15) is 51.5 Å². The molecule has 25 heavy (non-hydrogen) atoms. The molecule has 5 nitrogen and oxygen atoms in total. The van der Waals surface area contributed by atoms with Gasteiger partial charge in [0.15, 0.2) is 0 Å². The van der Waals surface area contributed by atoms with Crippen LogP contribution in [-0.4, -0.2) is 30.6 Å². The molecule has 2 saturated carbocycles. The van der Waals surface area contributed by atoms with Crippen LogP contribution in [0.5, 0.6) is 0 Å². The van der Waals surface area contributed by atoms with Gasteiger partial charge in [-0.15, -0.1) is 0 Å². The van der Waals surface area contributed by atoms with E-state index >= 15 is 0 Å². The van der Waals surface area contributed by atoms with Crippen molar-refractivity contribution in [1.29, 1.82) is 0 Å². The molecule has 2 aliphatic carbocycles. The van der Waals surface area contributed by atoms with Crippen molar-refractivity contribution in [3.8, 4) is 0 Å². The average Bonchev–Trinajstić information content (AvgIpc) is 3.08. The summed E-state index contributed by atoms with van der Waals surface area (Å²) in [6, 6.07) is 7.69. The molecule has 0 saturated heterocycles. The predicted octanol–water partition coefficient (Wildman–Crippen LogP) is 3.04. The minimum atomic E-state index is -0.0961. The molecular formula is C20H28N2O3. The van der Waals surface area contributed by atoms with Gasteiger partial charge in [-0.3, -0.25) is 9.59 Å². The Balaban J connectivity index is 1.55. The molecule has 2 aliphatic rings. The molecule has 0 aliphatic heterocycles. The van der Waals surface area contributed by atoms with E-state index in [4.69, 9.17) is 4.74 Å². The van der Waals surface area contributed by atoms with Gasteiger partial charge in [-0.1, -0.05) is 25.0 Å². The number of ether oxygens (including phenoxy) is 1. The van der Waals surface area contributed by atoms with Crippen molar-refractivity contribution in [3.63, 3.8) is 0 Å². The second-order valence-corrected chi connectivity index (χ2v) is 7.29. The monoisotopic (exact) mass is 344 g/mol. The largest absolute Gasteiger partial charge is 0.378 e. The number of hydrogen-bond donors (Lipinski definition) is 2. The van der Waals surface area contributed by atoms with Crippen LogP contribution in [0.15, 0.2) is 24.3 Å². The zero-order chi connectivity index (χ0) is 17.9. The van der Waals surface area contributed by atoms with E-state index in [1.54, 1.807) is 0 Å². The van der Waals surface area contributed by atoms with Crippen LogP contribution >= 0.6 is 0 Å². The molecule has 2 amide bonds. The maximum Gasteiger partial charge on any atom is 0.224 e. The van der Waals surface area contributed by atoms with E-state index in [1.807, 2.05) is 31.2 Å². The first-order valence-corrected chi connectivity index (χ1v) is 9.31. The van der Waals surface area contributed by atoms with E-state index in [0.717, 1.165) is 37.1 Å². The maximum absolute atomic E-state index is 12.5. The Labute approximate surface area is 149 Å². The summed E-state index contributed by atoms with van der Waals surface area (Å²) in [7, 11) is 0.